The fraction of sp³-hybridized carbons (Fsp3) is 0.545. The molecule has 7 aliphatic carbocycles. The summed E-state index contributed by atoms with van der Waals surface area (Å²) in [5.41, 5.74) is 3.57. The summed E-state index contributed by atoms with van der Waals surface area (Å²) in [6.07, 6.45) is 2.18. The molecule has 10 atom stereocenters. The molecule has 2 N–H and O–H groups in total. The van der Waals surface area contributed by atoms with Crippen LogP contribution >= 0.6 is 0 Å². The molecule has 9 rings (SSSR count). The largest absolute Gasteiger partial charge is 0.493 e. The molecule has 0 saturated heterocycles. The Morgan fingerprint density at radius 3 is 1.22 bits per heavy atom. The molecule has 7 aliphatic rings. The first-order chi connectivity index (χ1) is 27.9. The summed E-state index contributed by atoms with van der Waals surface area (Å²) in [7, 11) is 12.4. The Hall–Kier alpha value is -5.08. The molecule has 3 saturated carbocycles. The van der Waals surface area contributed by atoms with Gasteiger partial charge in [0.25, 0.3) is 0 Å². The van der Waals surface area contributed by atoms with E-state index in [0.717, 1.165) is 44.5 Å². The van der Waals surface area contributed by atoms with Gasteiger partial charge in [0.15, 0.2) is 45.8 Å². The quantitative estimate of drug-likeness (QED) is 0.360. The van der Waals surface area contributed by atoms with E-state index >= 15 is 9.59 Å². The van der Waals surface area contributed by atoms with Gasteiger partial charge in [0, 0.05) is 62.9 Å². The number of fused-ring (bicyclic) bond motifs is 16. The van der Waals surface area contributed by atoms with Gasteiger partial charge in [-0.2, -0.15) is 0 Å². The fourth-order valence-corrected chi connectivity index (χ4v) is 13.0. The van der Waals surface area contributed by atoms with Crippen LogP contribution in [0.15, 0.2) is 23.3 Å². The highest BCUT2D eigenvalue weighted by molar-refractivity contribution is 6.16. The van der Waals surface area contributed by atoms with Crippen molar-refractivity contribution in [2.24, 2.45) is 35.5 Å². The third-order valence-electron chi connectivity index (χ3n) is 14.5. The van der Waals surface area contributed by atoms with E-state index in [0.29, 0.717) is 60.2 Å². The minimum atomic E-state index is -1.64. The second-order valence-electron chi connectivity index (χ2n) is 16.3. The molecule has 2 amide bonds. The zero-order valence-corrected chi connectivity index (χ0v) is 34.5. The minimum Gasteiger partial charge on any atom is -0.493 e. The molecule has 0 spiro atoms. The number of hydrogen-bond acceptors (Lipinski definition) is 12. The van der Waals surface area contributed by atoms with Crippen LogP contribution in [0.25, 0.3) is 11.1 Å². The Labute approximate surface area is 336 Å². The average molecular weight is 799 g/mol. The van der Waals surface area contributed by atoms with E-state index < -0.39 is 58.8 Å². The summed E-state index contributed by atoms with van der Waals surface area (Å²) in [5.74, 6) is -1.30. The number of ketones is 2. The van der Waals surface area contributed by atoms with Crippen molar-refractivity contribution in [3.63, 3.8) is 0 Å². The maximum atomic E-state index is 15.5. The highest BCUT2D eigenvalue weighted by Crippen LogP contribution is 2.82. The smallest absolute Gasteiger partial charge is 0.217 e. The first-order valence-electron chi connectivity index (χ1n) is 19.8. The molecular weight excluding hydrogens is 748 g/mol. The summed E-state index contributed by atoms with van der Waals surface area (Å²) in [6, 6.07) is 2.97. The van der Waals surface area contributed by atoms with Crippen molar-refractivity contribution in [3.8, 4) is 34.5 Å². The second kappa shape index (κ2) is 13.2. The predicted molar refractivity (Wildman–Crippen MR) is 208 cm³/mol. The average Bonchev–Trinajstić information content (AvgIpc) is 3.33. The maximum absolute atomic E-state index is 15.5. The number of nitrogens with one attached hydrogen (secondary N) is 2. The molecule has 0 aliphatic heterocycles. The van der Waals surface area contributed by atoms with Crippen molar-refractivity contribution in [2.45, 2.75) is 62.8 Å². The molecule has 0 aromatic heterocycles. The summed E-state index contributed by atoms with van der Waals surface area (Å²) in [4.78, 5) is 56.5. The molecule has 2 aromatic rings. The molecule has 0 heterocycles. The Kier molecular flexibility index (Phi) is 8.76. The molecule has 308 valence electrons. The van der Waals surface area contributed by atoms with Crippen molar-refractivity contribution in [1.29, 1.82) is 0 Å². The van der Waals surface area contributed by atoms with E-state index in [-0.39, 0.29) is 23.4 Å². The van der Waals surface area contributed by atoms with E-state index in [1.807, 2.05) is 12.1 Å². The number of benzene rings is 2. The normalized spacial score (nSPS) is 33.1. The minimum absolute atomic E-state index is 0.220. The van der Waals surface area contributed by atoms with Crippen LogP contribution in [-0.4, -0.2) is 104 Å². The highest BCUT2D eigenvalue weighted by Gasteiger charge is 2.93. The van der Waals surface area contributed by atoms with Gasteiger partial charge >= 0.3 is 0 Å². The number of hydrogen-bond donors (Lipinski definition) is 2. The lowest BCUT2D eigenvalue weighted by Crippen LogP contribution is -2.79. The number of amides is 2. The zero-order chi connectivity index (χ0) is 41.3. The van der Waals surface area contributed by atoms with Crippen LogP contribution in [0.4, 0.5) is 0 Å². The Balaban J connectivity index is 1.29. The van der Waals surface area contributed by atoms with Crippen LogP contribution < -0.4 is 39.1 Å². The van der Waals surface area contributed by atoms with E-state index in [1.54, 1.807) is 42.7 Å². The lowest BCUT2D eigenvalue weighted by Gasteiger charge is -2.62. The molecule has 14 nitrogen and oxygen atoms in total. The molecule has 14 heteroatoms. The second-order valence-corrected chi connectivity index (χ2v) is 16.3. The van der Waals surface area contributed by atoms with Crippen molar-refractivity contribution in [3.05, 3.63) is 45.5 Å². The number of ether oxygens (including phenoxy) is 8. The van der Waals surface area contributed by atoms with Crippen LogP contribution in [0.2, 0.25) is 0 Å². The number of allylic oxidation sites excluding steroid dienone is 2. The van der Waals surface area contributed by atoms with Gasteiger partial charge in [-0.1, -0.05) is 0 Å². The Morgan fingerprint density at radius 2 is 0.931 bits per heavy atom. The highest BCUT2D eigenvalue weighted by atomic mass is 16.6. The van der Waals surface area contributed by atoms with Crippen molar-refractivity contribution >= 4 is 34.5 Å². The van der Waals surface area contributed by atoms with Crippen molar-refractivity contribution in [1.82, 2.24) is 10.6 Å². The van der Waals surface area contributed by atoms with Gasteiger partial charge in [-0.3, -0.25) is 19.2 Å². The summed E-state index contributed by atoms with van der Waals surface area (Å²) >= 11 is 0. The standard InChI is InChI=1S/C44H50N2O12/c1-17(47)45-21-13-11-19-15-23(51-3)37(53-5)39(55-7)25(19)29-27(21)33-31(29)35-36-32-30-26-20(16-24(52-4)38(54-6)40(26)56-8)12-14-22(46-18(2)48)28(30)34(32)42(50)44(36,58-10)43(35,57-9)41(33)49/h15-16,21-22,31-36H,11-14H2,1-10H3,(H,45,47)(H,46,48)/t21-,22-,31+,32+,33-,34-,35+,36+,43+,44+/m0/s1. The molecule has 0 unspecified atom stereocenters. The van der Waals surface area contributed by atoms with Gasteiger partial charge in [-0.25, -0.2) is 0 Å². The summed E-state index contributed by atoms with van der Waals surface area (Å²) < 4.78 is 48.6. The SMILES string of the molecule is COc1cc2c(c(OC)c1OC)C1=C([C@@H]3C(=O)[C@]4(OC)[C@H]([C@H]13)[C@H]1[C@@H]3C5=C([C@@H]3C(=O)[C@]14OC)[C@@H](NC(C)=O)CCc1cc(OC)c(OC)c(OC)c15)[C@@H](NC(C)=O)CC2. The molecule has 3 fully saturated rings. The van der Waals surface area contributed by atoms with Crippen LogP contribution in [0.1, 0.15) is 48.9 Å². The van der Waals surface area contributed by atoms with Crippen molar-refractivity contribution < 1.29 is 57.1 Å². The molecule has 58 heavy (non-hydrogen) atoms. The first-order valence-corrected chi connectivity index (χ1v) is 19.8. The van der Waals surface area contributed by atoms with Gasteiger partial charge in [-0.15, -0.1) is 0 Å². The Bertz CT molecular complexity index is 2120. The lowest BCUT2D eigenvalue weighted by atomic mass is 9.45. The number of methoxy groups -OCH3 is 8. The third-order valence-corrected chi connectivity index (χ3v) is 14.5. The van der Waals surface area contributed by atoms with Gasteiger partial charge < -0.3 is 48.5 Å². The fourth-order valence-electron chi connectivity index (χ4n) is 13.0. The van der Waals surface area contributed by atoms with Crippen molar-refractivity contribution in [2.75, 3.05) is 56.9 Å². The maximum Gasteiger partial charge on any atom is 0.217 e. The van der Waals surface area contributed by atoms with Gasteiger partial charge in [-0.05, 0) is 71.2 Å². The summed E-state index contributed by atoms with van der Waals surface area (Å²) in [5, 5.41) is 6.29. The number of Topliss-reactive ketones (excluding diaryl/α,β-unsaturated/α-hetero) is 2. The van der Waals surface area contributed by atoms with E-state index in [2.05, 4.69) is 10.6 Å². The van der Waals surface area contributed by atoms with Crippen LogP contribution in [0.5, 0.6) is 34.5 Å². The van der Waals surface area contributed by atoms with Crippen LogP contribution in [0.3, 0.4) is 0 Å². The zero-order valence-electron chi connectivity index (χ0n) is 34.5. The van der Waals surface area contributed by atoms with Gasteiger partial charge in [0.05, 0.1) is 66.6 Å². The number of rotatable bonds is 10. The van der Waals surface area contributed by atoms with E-state index in [9.17, 15) is 9.59 Å². The summed E-state index contributed by atoms with van der Waals surface area (Å²) in [6.45, 7) is 2.95. The molecule has 2 aromatic carbocycles. The lowest BCUT2D eigenvalue weighted by molar-refractivity contribution is -0.281. The Morgan fingerprint density at radius 1 is 0.569 bits per heavy atom. The number of carbonyl (C=O) groups excluding carboxylic acids is 4. The number of aryl methyl sites for hydroxylation is 2. The van der Waals surface area contributed by atoms with E-state index in [1.165, 1.54) is 28.1 Å². The first kappa shape index (κ1) is 38.4. The third kappa shape index (κ3) is 4.29. The van der Waals surface area contributed by atoms with E-state index in [4.69, 9.17) is 37.9 Å². The molecule has 0 bridgehead atoms. The topological polar surface area (TPSA) is 166 Å². The molecular formula is C44H50N2O12. The monoisotopic (exact) mass is 798 g/mol. The van der Waals surface area contributed by atoms with Gasteiger partial charge in [0.1, 0.15) is 0 Å². The predicted octanol–water partition coefficient (Wildman–Crippen LogP) is 3.52. The number of carbonyl (C=O) groups is 4. The van der Waals surface area contributed by atoms with Gasteiger partial charge in [0.2, 0.25) is 23.3 Å². The van der Waals surface area contributed by atoms with Crippen LogP contribution in [-0.2, 0) is 41.5 Å². The molecule has 0 radical (unpaired) electrons. The van der Waals surface area contributed by atoms with Crippen LogP contribution in [0, 0.1) is 35.5 Å².